The molecule has 4 nitrogen and oxygen atoms in total. The fourth-order valence-electron chi connectivity index (χ4n) is 0.608. The highest BCUT2D eigenvalue weighted by atomic mass is 16.5. The molecule has 0 aromatic carbocycles. The lowest BCUT2D eigenvalue weighted by molar-refractivity contribution is 0.0521. The van der Waals surface area contributed by atoms with E-state index in [-0.39, 0.29) is 11.4 Å². The van der Waals surface area contributed by atoms with Gasteiger partial charge in [-0.05, 0) is 6.92 Å². The third-order valence-electron chi connectivity index (χ3n) is 1.06. The Labute approximate surface area is 65.0 Å². The quantitative estimate of drug-likeness (QED) is 0.428. The first kappa shape index (κ1) is 7.85. The van der Waals surface area contributed by atoms with Gasteiger partial charge >= 0.3 is 5.97 Å². The van der Waals surface area contributed by atoms with Crippen molar-refractivity contribution in [3.05, 3.63) is 12.1 Å². The van der Waals surface area contributed by atoms with Crippen molar-refractivity contribution >= 4 is 19.5 Å². The maximum absolute atomic E-state index is 10.9. The van der Waals surface area contributed by atoms with Gasteiger partial charge in [-0.2, -0.15) is 0 Å². The van der Waals surface area contributed by atoms with E-state index < -0.39 is 5.97 Å². The van der Waals surface area contributed by atoms with Crippen LogP contribution in [0.1, 0.15) is 17.4 Å². The second-order valence-corrected chi connectivity index (χ2v) is 1.79. The second-order valence-electron chi connectivity index (χ2n) is 1.79. The molecule has 5 heteroatoms. The van der Waals surface area contributed by atoms with Gasteiger partial charge < -0.3 is 9.15 Å². The summed E-state index contributed by atoms with van der Waals surface area (Å²) in [7, 11) is 5.24. The van der Waals surface area contributed by atoms with Crippen molar-refractivity contribution in [2.24, 2.45) is 0 Å². The minimum atomic E-state index is -0.557. The number of ether oxygens (including phenoxy) is 1. The number of hydrogen-bond acceptors (Lipinski definition) is 4. The molecule has 11 heavy (non-hydrogen) atoms. The van der Waals surface area contributed by atoms with Crippen LogP contribution in [0.25, 0.3) is 0 Å². The molecule has 0 saturated carbocycles. The Morgan fingerprint density at radius 3 is 3.09 bits per heavy atom. The molecule has 0 amide bonds. The molecule has 0 unspecified atom stereocenters. The molecule has 0 aliphatic rings. The average Bonchev–Trinajstić information content (AvgIpc) is 2.36. The number of esters is 1. The first-order valence-corrected chi connectivity index (χ1v) is 3.11. The molecule has 0 bridgehead atoms. The highest BCUT2D eigenvalue weighted by Gasteiger charge is 2.12. The molecular formula is C6H6BNO3. The van der Waals surface area contributed by atoms with Crippen LogP contribution in [0.3, 0.4) is 0 Å². The van der Waals surface area contributed by atoms with Gasteiger partial charge in [0.15, 0.2) is 19.9 Å². The van der Waals surface area contributed by atoms with Crippen LogP contribution in [0.5, 0.6) is 0 Å². The molecule has 2 radical (unpaired) electrons. The van der Waals surface area contributed by atoms with Crippen molar-refractivity contribution in [1.29, 1.82) is 0 Å². The van der Waals surface area contributed by atoms with Gasteiger partial charge in [0, 0.05) is 0 Å². The number of aromatic nitrogens is 1. The van der Waals surface area contributed by atoms with E-state index in [2.05, 4.69) is 14.1 Å². The molecule has 0 aliphatic carbocycles. The Morgan fingerprint density at radius 1 is 1.91 bits per heavy atom. The lowest BCUT2D eigenvalue weighted by Crippen LogP contribution is -2.15. The fraction of sp³-hybridized carbons (Fsp3) is 0.333. The Hall–Kier alpha value is -1.26. The number of carbonyl (C=O) groups excluding carboxylic acids is 1. The smallest absolute Gasteiger partial charge is 0.359 e. The van der Waals surface area contributed by atoms with Crippen molar-refractivity contribution in [2.45, 2.75) is 6.92 Å². The zero-order valence-electron chi connectivity index (χ0n) is 6.03. The van der Waals surface area contributed by atoms with E-state index in [4.69, 9.17) is 7.85 Å². The van der Waals surface area contributed by atoms with E-state index >= 15 is 0 Å². The van der Waals surface area contributed by atoms with Gasteiger partial charge in [0.25, 0.3) is 0 Å². The predicted octanol–water partition coefficient (Wildman–Crippen LogP) is -0.355. The van der Waals surface area contributed by atoms with Crippen LogP contribution in [-0.2, 0) is 4.74 Å². The highest BCUT2D eigenvalue weighted by Crippen LogP contribution is 1.93. The average molecular weight is 151 g/mol. The predicted molar refractivity (Wildman–Crippen MR) is 37.8 cm³/mol. The molecule has 56 valence electrons. The monoisotopic (exact) mass is 151 g/mol. The van der Waals surface area contributed by atoms with Crippen LogP contribution in [0.2, 0.25) is 0 Å². The molecule has 0 spiro atoms. The third-order valence-corrected chi connectivity index (χ3v) is 1.06. The Balaban J connectivity index is 2.76. The number of nitrogens with zero attached hydrogens (tertiary/aromatic N) is 1. The minimum absolute atomic E-state index is 0.0107. The van der Waals surface area contributed by atoms with Gasteiger partial charge in [-0.1, -0.05) is 0 Å². The van der Waals surface area contributed by atoms with Gasteiger partial charge in [0.05, 0.1) is 12.3 Å². The topological polar surface area (TPSA) is 52.3 Å². The molecule has 1 rings (SSSR count). The maximum atomic E-state index is 10.9. The molecule has 1 heterocycles. The minimum Gasteiger partial charge on any atom is -0.461 e. The van der Waals surface area contributed by atoms with E-state index in [9.17, 15) is 4.79 Å². The van der Waals surface area contributed by atoms with Crippen molar-refractivity contribution in [3.63, 3.8) is 0 Å². The van der Waals surface area contributed by atoms with Crippen molar-refractivity contribution in [2.75, 3.05) is 6.61 Å². The van der Waals surface area contributed by atoms with Gasteiger partial charge in [0.1, 0.15) is 0 Å². The summed E-state index contributed by atoms with van der Waals surface area (Å²) in [6.45, 7) is 2.00. The van der Waals surface area contributed by atoms with E-state index in [0.717, 1.165) is 6.39 Å². The largest absolute Gasteiger partial charge is 0.461 e. The standard InChI is InChI=1S/C6H6BNO3/c1-2-10-6(9)4-5(7)11-3-8-4/h3H,2H2,1H3. The number of hydrogen-bond donors (Lipinski definition) is 0. The first-order chi connectivity index (χ1) is 5.25. The van der Waals surface area contributed by atoms with Crippen LogP contribution in [0.15, 0.2) is 10.8 Å². The Bertz CT molecular complexity index is 258. The van der Waals surface area contributed by atoms with Crippen LogP contribution in [-0.4, -0.2) is 25.4 Å². The molecular weight excluding hydrogens is 145 g/mol. The fourth-order valence-corrected chi connectivity index (χ4v) is 0.608. The van der Waals surface area contributed by atoms with Crippen molar-refractivity contribution in [3.8, 4) is 0 Å². The van der Waals surface area contributed by atoms with Gasteiger partial charge in [-0.15, -0.1) is 0 Å². The summed E-state index contributed by atoms with van der Waals surface area (Å²) in [5.41, 5.74) is 0.0234. The van der Waals surface area contributed by atoms with Crippen molar-refractivity contribution in [1.82, 2.24) is 4.98 Å². The maximum Gasteiger partial charge on any atom is 0.359 e. The van der Waals surface area contributed by atoms with Gasteiger partial charge in [-0.25, -0.2) is 9.78 Å². The summed E-state index contributed by atoms with van der Waals surface area (Å²) in [6.07, 6.45) is 1.10. The number of oxazole rings is 1. The van der Waals surface area contributed by atoms with Gasteiger partial charge in [-0.3, -0.25) is 0 Å². The number of rotatable bonds is 2. The summed E-state index contributed by atoms with van der Waals surface area (Å²) in [5, 5.41) is 0. The third kappa shape index (κ3) is 1.60. The first-order valence-electron chi connectivity index (χ1n) is 3.11. The Morgan fingerprint density at radius 2 is 2.64 bits per heavy atom. The van der Waals surface area contributed by atoms with Gasteiger partial charge in [0.2, 0.25) is 0 Å². The summed E-state index contributed by atoms with van der Waals surface area (Å²) in [4.78, 5) is 14.5. The molecule has 0 saturated heterocycles. The summed E-state index contributed by atoms with van der Waals surface area (Å²) < 4.78 is 9.22. The van der Waals surface area contributed by atoms with Crippen LogP contribution >= 0.6 is 0 Å². The van der Waals surface area contributed by atoms with Crippen LogP contribution in [0, 0.1) is 0 Å². The lowest BCUT2D eigenvalue weighted by Gasteiger charge is -1.96. The summed E-state index contributed by atoms with van der Waals surface area (Å²) in [6, 6.07) is 0. The van der Waals surface area contributed by atoms with Crippen LogP contribution in [0.4, 0.5) is 0 Å². The molecule has 1 aromatic heterocycles. The molecule has 0 fully saturated rings. The lowest BCUT2D eigenvalue weighted by atomic mass is 10.0. The highest BCUT2D eigenvalue weighted by molar-refractivity contribution is 6.33. The Kier molecular flexibility index (Phi) is 2.30. The molecule has 0 atom stereocenters. The van der Waals surface area contributed by atoms with E-state index in [1.54, 1.807) is 6.92 Å². The van der Waals surface area contributed by atoms with Crippen molar-refractivity contribution < 1.29 is 13.9 Å². The van der Waals surface area contributed by atoms with E-state index in [1.165, 1.54) is 0 Å². The summed E-state index contributed by atoms with van der Waals surface area (Å²) in [5.74, 6) is -0.557. The van der Waals surface area contributed by atoms with E-state index in [1.807, 2.05) is 0 Å². The molecule has 0 N–H and O–H groups in total. The number of carbonyl (C=O) groups is 1. The SMILES string of the molecule is [B]c1ocnc1C(=O)OCC. The normalized spacial score (nSPS) is 9.55. The molecule has 0 aliphatic heterocycles. The van der Waals surface area contributed by atoms with Crippen LogP contribution < -0.4 is 5.66 Å². The summed E-state index contributed by atoms with van der Waals surface area (Å²) >= 11 is 0. The van der Waals surface area contributed by atoms with E-state index in [0.29, 0.717) is 6.61 Å². The molecule has 1 aromatic rings. The zero-order chi connectivity index (χ0) is 8.27. The second kappa shape index (κ2) is 3.23. The zero-order valence-corrected chi connectivity index (χ0v) is 6.03.